The van der Waals surface area contributed by atoms with Crippen molar-refractivity contribution in [1.82, 2.24) is 5.32 Å². The fourth-order valence-corrected chi connectivity index (χ4v) is 3.12. The quantitative estimate of drug-likeness (QED) is 0.607. The van der Waals surface area contributed by atoms with Crippen molar-refractivity contribution in [2.75, 3.05) is 24.4 Å². The van der Waals surface area contributed by atoms with Gasteiger partial charge in [0, 0.05) is 31.1 Å². The van der Waals surface area contributed by atoms with Gasteiger partial charge in [0.15, 0.2) is 0 Å². The largest absolute Gasteiger partial charge is 0.495 e. The Bertz CT molecular complexity index is 1150. The number of hydrogen-bond donors (Lipinski definition) is 2. The van der Waals surface area contributed by atoms with Crippen molar-refractivity contribution in [2.24, 2.45) is 0 Å². The van der Waals surface area contributed by atoms with E-state index in [1.165, 1.54) is 20.1 Å². The third kappa shape index (κ3) is 4.43. The minimum atomic E-state index is -0.712. The molecule has 0 spiro atoms. The molecular formula is C22H23N3O5. The van der Waals surface area contributed by atoms with Crippen molar-refractivity contribution in [3.8, 4) is 5.75 Å². The van der Waals surface area contributed by atoms with Crippen LogP contribution in [0.3, 0.4) is 0 Å². The lowest BCUT2D eigenvalue weighted by Gasteiger charge is -2.22. The predicted molar refractivity (Wildman–Crippen MR) is 115 cm³/mol. The standard InChI is InChI=1S/C22H23N3O5/c1-13(23-14(2)26)22(28)24-17-11-15(9-10-20(17)29-4)25(3)18-12-21(27)30-19-8-6-5-7-16(18)19/h5-13H,1-4H3,(H,23,26)(H,24,28)/t13-/m0/s1. The second-order valence-corrected chi connectivity index (χ2v) is 6.80. The monoisotopic (exact) mass is 409 g/mol. The van der Waals surface area contributed by atoms with Crippen LogP contribution < -0.4 is 25.9 Å². The highest BCUT2D eigenvalue weighted by molar-refractivity contribution is 5.98. The molecule has 0 saturated carbocycles. The molecule has 0 bridgehead atoms. The number of carbonyl (C=O) groups is 2. The van der Waals surface area contributed by atoms with Crippen LogP contribution in [0.25, 0.3) is 11.0 Å². The van der Waals surface area contributed by atoms with E-state index in [2.05, 4.69) is 10.6 Å². The van der Waals surface area contributed by atoms with Gasteiger partial charge in [-0.15, -0.1) is 0 Å². The molecule has 2 amide bonds. The van der Waals surface area contributed by atoms with Crippen molar-refractivity contribution < 1.29 is 18.7 Å². The summed E-state index contributed by atoms with van der Waals surface area (Å²) in [5.41, 5.74) is 1.85. The van der Waals surface area contributed by atoms with Crippen LogP contribution in [0.5, 0.6) is 5.75 Å². The molecule has 0 unspecified atom stereocenters. The lowest BCUT2D eigenvalue weighted by Crippen LogP contribution is -2.40. The number of anilines is 3. The van der Waals surface area contributed by atoms with E-state index in [1.54, 1.807) is 31.2 Å². The topological polar surface area (TPSA) is 101 Å². The number of methoxy groups -OCH3 is 1. The van der Waals surface area contributed by atoms with Crippen LogP contribution in [0.15, 0.2) is 57.7 Å². The molecule has 0 fully saturated rings. The van der Waals surface area contributed by atoms with Gasteiger partial charge in [-0.1, -0.05) is 12.1 Å². The predicted octanol–water partition coefficient (Wildman–Crippen LogP) is 3.03. The number of hydrogen-bond acceptors (Lipinski definition) is 6. The Labute approximate surface area is 173 Å². The van der Waals surface area contributed by atoms with Gasteiger partial charge < -0.3 is 24.7 Å². The zero-order valence-corrected chi connectivity index (χ0v) is 17.2. The van der Waals surface area contributed by atoms with E-state index in [1.807, 2.05) is 30.1 Å². The number of ether oxygens (including phenoxy) is 1. The highest BCUT2D eigenvalue weighted by atomic mass is 16.5. The number of fused-ring (bicyclic) bond motifs is 1. The maximum absolute atomic E-state index is 12.4. The fraction of sp³-hybridized carbons (Fsp3) is 0.227. The highest BCUT2D eigenvalue weighted by Crippen LogP contribution is 2.34. The molecule has 0 aliphatic rings. The SMILES string of the molecule is COc1ccc(N(C)c2cc(=O)oc3ccccc23)cc1NC(=O)[C@H](C)NC(C)=O. The van der Waals surface area contributed by atoms with E-state index in [9.17, 15) is 14.4 Å². The molecule has 3 aromatic rings. The molecule has 2 N–H and O–H groups in total. The van der Waals surface area contributed by atoms with E-state index >= 15 is 0 Å². The van der Waals surface area contributed by atoms with E-state index in [4.69, 9.17) is 9.15 Å². The molecule has 8 nitrogen and oxygen atoms in total. The minimum absolute atomic E-state index is 0.298. The number of amides is 2. The minimum Gasteiger partial charge on any atom is -0.495 e. The van der Waals surface area contributed by atoms with Gasteiger partial charge >= 0.3 is 5.63 Å². The van der Waals surface area contributed by atoms with Crippen LogP contribution in [0.1, 0.15) is 13.8 Å². The van der Waals surface area contributed by atoms with Crippen LogP contribution in [0, 0.1) is 0 Å². The van der Waals surface area contributed by atoms with E-state index in [0.717, 1.165) is 5.39 Å². The van der Waals surface area contributed by atoms with Gasteiger partial charge in [0.25, 0.3) is 0 Å². The first-order chi connectivity index (χ1) is 14.3. The summed E-state index contributed by atoms with van der Waals surface area (Å²) in [6.45, 7) is 2.94. The molecule has 0 aliphatic heterocycles. The molecule has 1 aromatic heterocycles. The van der Waals surface area contributed by atoms with Crippen molar-refractivity contribution in [1.29, 1.82) is 0 Å². The third-order valence-electron chi connectivity index (χ3n) is 4.63. The number of benzene rings is 2. The summed E-state index contributed by atoms with van der Waals surface area (Å²) in [6.07, 6.45) is 0. The second-order valence-electron chi connectivity index (χ2n) is 6.80. The zero-order valence-electron chi connectivity index (χ0n) is 17.2. The number of nitrogens with zero attached hydrogens (tertiary/aromatic N) is 1. The Morgan fingerprint density at radius 3 is 2.57 bits per heavy atom. The van der Waals surface area contributed by atoms with Crippen molar-refractivity contribution in [2.45, 2.75) is 19.9 Å². The van der Waals surface area contributed by atoms with Crippen molar-refractivity contribution >= 4 is 39.8 Å². The average molecular weight is 409 g/mol. The van der Waals surface area contributed by atoms with Gasteiger partial charge in [0.1, 0.15) is 17.4 Å². The normalized spacial score (nSPS) is 11.6. The van der Waals surface area contributed by atoms with Gasteiger partial charge in [-0.25, -0.2) is 4.79 Å². The lowest BCUT2D eigenvalue weighted by molar-refractivity contribution is -0.124. The molecule has 1 atom stereocenters. The first-order valence-electron chi connectivity index (χ1n) is 9.32. The first kappa shape index (κ1) is 20.9. The van der Waals surface area contributed by atoms with E-state index in [-0.39, 0.29) is 11.8 Å². The molecule has 156 valence electrons. The number of para-hydroxylation sites is 1. The van der Waals surface area contributed by atoms with Crippen LogP contribution in [-0.2, 0) is 9.59 Å². The van der Waals surface area contributed by atoms with Gasteiger partial charge in [-0.05, 0) is 37.3 Å². The van der Waals surface area contributed by atoms with Gasteiger partial charge in [-0.3, -0.25) is 9.59 Å². The summed E-state index contributed by atoms with van der Waals surface area (Å²) in [7, 11) is 3.32. The van der Waals surface area contributed by atoms with E-state index < -0.39 is 11.7 Å². The Morgan fingerprint density at radius 2 is 1.87 bits per heavy atom. The van der Waals surface area contributed by atoms with Crippen LogP contribution in [0.2, 0.25) is 0 Å². The van der Waals surface area contributed by atoms with Crippen LogP contribution in [0.4, 0.5) is 17.1 Å². The van der Waals surface area contributed by atoms with Gasteiger partial charge in [0.05, 0.1) is 18.5 Å². The molecule has 1 heterocycles. The molecule has 0 saturated heterocycles. The Kier molecular flexibility index (Phi) is 6.06. The fourth-order valence-electron chi connectivity index (χ4n) is 3.12. The van der Waals surface area contributed by atoms with Crippen molar-refractivity contribution in [3.05, 3.63) is 59.0 Å². The van der Waals surface area contributed by atoms with Crippen LogP contribution >= 0.6 is 0 Å². The molecule has 0 radical (unpaired) electrons. The first-order valence-corrected chi connectivity index (χ1v) is 9.32. The molecule has 0 aliphatic carbocycles. The summed E-state index contributed by atoms with van der Waals surface area (Å²) < 4.78 is 10.6. The van der Waals surface area contributed by atoms with Crippen molar-refractivity contribution in [3.63, 3.8) is 0 Å². The number of rotatable bonds is 6. The Balaban J connectivity index is 1.98. The second kappa shape index (κ2) is 8.69. The smallest absolute Gasteiger partial charge is 0.338 e. The van der Waals surface area contributed by atoms with Gasteiger partial charge in [0.2, 0.25) is 11.8 Å². The molecule has 2 aromatic carbocycles. The number of nitrogens with one attached hydrogen (secondary N) is 2. The van der Waals surface area contributed by atoms with Crippen LogP contribution in [-0.4, -0.2) is 32.0 Å². The maximum Gasteiger partial charge on any atom is 0.338 e. The maximum atomic E-state index is 12.4. The molecule has 3 rings (SSSR count). The summed E-state index contributed by atoms with van der Waals surface area (Å²) in [4.78, 5) is 37.5. The van der Waals surface area contributed by atoms with Gasteiger partial charge in [-0.2, -0.15) is 0 Å². The molecule has 8 heteroatoms. The summed E-state index contributed by atoms with van der Waals surface area (Å²) in [6, 6.07) is 13.2. The average Bonchev–Trinajstić information content (AvgIpc) is 2.72. The molecule has 30 heavy (non-hydrogen) atoms. The highest BCUT2D eigenvalue weighted by Gasteiger charge is 2.18. The Hall–Kier alpha value is -3.81. The zero-order chi connectivity index (χ0) is 21.8. The summed E-state index contributed by atoms with van der Waals surface area (Å²) >= 11 is 0. The summed E-state index contributed by atoms with van der Waals surface area (Å²) in [5.74, 6) is -0.213. The lowest BCUT2D eigenvalue weighted by atomic mass is 10.1. The summed E-state index contributed by atoms with van der Waals surface area (Å²) in [5, 5.41) is 6.10. The van der Waals surface area contributed by atoms with E-state index in [0.29, 0.717) is 28.4 Å². The molecular weight excluding hydrogens is 386 g/mol. The Morgan fingerprint density at radius 1 is 1.13 bits per heavy atom. The number of carbonyl (C=O) groups excluding carboxylic acids is 2. The third-order valence-corrected chi connectivity index (χ3v) is 4.63.